The number of carbonyl (C=O) groups excluding carboxylic acids is 2. The first kappa shape index (κ1) is 25.2. The van der Waals surface area contributed by atoms with Crippen molar-refractivity contribution in [2.75, 3.05) is 6.54 Å². The van der Waals surface area contributed by atoms with Crippen molar-refractivity contribution in [3.8, 4) is 11.3 Å². The van der Waals surface area contributed by atoms with Crippen molar-refractivity contribution < 1.29 is 23.5 Å². The number of nitrogens with one attached hydrogen (secondary N) is 2. The molecule has 37 heavy (non-hydrogen) atoms. The fourth-order valence-corrected chi connectivity index (χ4v) is 5.06. The zero-order chi connectivity index (χ0) is 26.3. The number of piperidine rings is 1. The fraction of sp³-hybridized carbons (Fsp3) is 0.400. The van der Waals surface area contributed by atoms with Crippen molar-refractivity contribution in [2.24, 2.45) is 5.92 Å². The van der Waals surface area contributed by atoms with Gasteiger partial charge in [-0.2, -0.15) is 5.10 Å². The summed E-state index contributed by atoms with van der Waals surface area (Å²) in [5.41, 5.74) is 0.876. The molecule has 0 unspecified atom stereocenters. The standard InChI is InChI=1S/C25H25ClF2N6O3/c1-13(35)19-7-16(18(28)11-30-19)20-8-21(33-32-20)24(37)34-5-2-14(9-25(34)3-4-25)23(36)31-12-22-17(26)6-15(27)10-29-22/h6-8,10-11,13-14,35H,2-5,9,12H2,1H3,(H,31,36)(H,32,33)/t13-,14-/m0/s1. The van der Waals surface area contributed by atoms with Crippen LogP contribution in [0.4, 0.5) is 8.78 Å². The Balaban J connectivity index is 1.25. The SMILES string of the molecule is C[C@H](O)c1cc(-c2cc(C(=O)N3CC[C@H](C(=O)NCc4ncc(F)cc4Cl)CC34CC4)n[nH]2)c(F)cn1. The van der Waals surface area contributed by atoms with Crippen LogP contribution in [0.15, 0.2) is 30.6 Å². The predicted molar refractivity (Wildman–Crippen MR) is 129 cm³/mol. The summed E-state index contributed by atoms with van der Waals surface area (Å²) in [7, 11) is 0. The summed E-state index contributed by atoms with van der Waals surface area (Å²) >= 11 is 6.00. The number of aliphatic hydroxyl groups excluding tert-OH is 1. The molecule has 3 N–H and O–H groups in total. The number of hydrogen-bond donors (Lipinski definition) is 3. The molecule has 4 heterocycles. The number of rotatable bonds is 6. The minimum atomic E-state index is -0.875. The number of hydrogen-bond acceptors (Lipinski definition) is 6. The van der Waals surface area contributed by atoms with Crippen molar-refractivity contribution in [3.63, 3.8) is 0 Å². The second-order valence-electron chi connectivity index (χ2n) is 9.60. The normalized spacial score (nSPS) is 19.1. The average Bonchev–Trinajstić information content (AvgIpc) is 3.44. The van der Waals surface area contributed by atoms with E-state index in [4.69, 9.17) is 11.6 Å². The van der Waals surface area contributed by atoms with Gasteiger partial charge in [-0.25, -0.2) is 8.78 Å². The molecule has 5 rings (SSSR count). The van der Waals surface area contributed by atoms with Crippen molar-refractivity contribution in [2.45, 2.75) is 50.8 Å². The van der Waals surface area contributed by atoms with Crippen molar-refractivity contribution in [1.29, 1.82) is 0 Å². The van der Waals surface area contributed by atoms with Crippen molar-refractivity contribution >= 4 is 23.4 Å². The van der Waals surface area contributed by atoms with Gasteiger partial charge < -0.3 is 15.3 Å². The average molecular weight is 531 g/mol. The maximum absolute atomic E-state index is 14.4. The summed E-state index contributed by atoms with van der Waals surface area (Å²) in [6, 6.07) is 4.05. The molecule has 0 bridgehead atoms. The Kier molecular flexibility index (Phi) is 6.67. The van der Waals surface area contributed by atoms with E-state index in [-0.39, 0.29) is 40.6 Å². The van der Waals surface area contributed by atoms with Gasteiger partial charge in [-0.15, -0.1) is 0 Å². The molecule has 0 aromatic carbocycles. The quantitative estimate of drug-likeness (QED) is 0.448. The zero-order valence-electron chi connectivity index (χ0n) is 20.0. The van der Waals surface area contributed by atoms with Crippen molar-refractivity contribution in [1.82, 2.24) is 30.4 Å². The molecule has 2 aliphatic rings. The van der Waals surface area contributed by atoms with Gasteiger partial charge in [-0.3, -0.25) is 24.7 Å². The maximum atomic E-state index is 14.4. The number of aromatic nitrogens is 4. The highest BCUT2D eigenvalue weighted by Crippen LogP contribution is 2.50. The van der Waals surface area contributed by atoms with E-state index >= 15 is 0 Å². The minimum absolute atomic E-state index is 0.0858. The lowest BCUT2D eigenvalue weighted by atomic mass is 9.88. The molecule has 2 atom stereocenters. The van der Waals surface area contributed by atoms with Gasteiger partial charge >= 0.3 is 0 Å². The van der Waals surface area contributed by atoms with Gasteiger partial charge in [-0.05, 0) is 50.8 Å². The summed E-state index contributed by atoms with van der Waals surface area (Å²) in [6.45, 7) is 1.99. The Bertz CT molecular complexity index is 1360. The Morgan fingerprint density at radius 3 is 2.76 bits per heavy atom. The number of nitrogens with zero attached hydrogens (tertiary/aromatic N) is 4. The van der Waals surface area contributed by atoms with Crippen LogP contribution in [-0.2, 0) is 11.3 Å². The smallest absolute Gasteiger partial charge is 0.274 e. The molecule has 1 saturated carbocycles. The van der Waals surface area contributed by atoms with E-state index < -0.39 is 23.3 Å². The van der Waals surface area contributed by atoms with Crippen LogP contribution >= 0.6 is 11.6 Å². The molecule has 9 nitrogen and oxygen atoms in total. The number of likely N-dealkylation sites (tertiary alicyclic amines) is 1. The molecular weight excluding hydrogens is 506 g/mol. The monoisotopic (exact) mass is 530 g/mol. The maximum Gasteiger partial charge on any atom is 0.274 e. The first-order chi connectivity index (χ1) is 17.7. The fourth-order valence-electron chi connectivity index (χ4n) is 4.84. The van der Waals surface area contributed by atoms with Gasteiger partial charge in [0.15, 0.2) is 11.5 Å². The van der Waals surface area contributed by atoms with Crippen LogP contribution in [0.25, 0.3) is 11.3 Å². The summed E-state index contributed by atoms with van der Waals surface area (Å²) in [5.74, 6) is -1.89. The molecule has 1 aliphatic heterocycles. The summed E-state index contributed by atoms with van der Waals surface area (Å²) in [6.07, 6.45) is 3.74. The molecule has 0 radical (unpaired) electrons. The van der Waals surface area contributed by atoms with Crippen LogP contribution in [0, 0.1) is 17.6 Å². The second-order valence-corrected chi connectivity index (χ2v) is 10.0. The Labute approximate surface area is 216 Å². The summed E-state index contributed by atoms with van der Waals surface area (Å²) < 4.78 is 27.6. The number of aromatic amines is 1. The van der Waals surface area contributed by atoms with Gasteiger partial charge in [0.1, 0.15) is 5.82 Å². The highest BCUT2D eigenvalue weighted by Gasteiger charge is 2.54. The highest BCUT2D eigenvalue weighted by molar-refractivity contribution is 6.31. The lowest BCUT2D eigenvalue weighted by molar-refractivity contribution is -0.127. The summed E-state index contributed by atoms with van der Waals surface area (Å²) in [5, 5.41) is 19.6. The van der Waals surface area contributed by atoms with Crippen molar-refractivity contribution in [3.05, 3.63) is 64.3 Å². The summed E-state index contributed by atoms with van der Waals surface area (Å²) in [4.78, 5) is 35.8. The minimum Gasteiger partial charge on any atom is -0.387 e. The Morgan fingerprint density at radius 2 is 2.05 bits per heavy atom. The largest absolute Gasteiger partial charge is 0.387 e. The first-order valence-electron chi connectivity index (χ1n) is 12.0. The number of aliphatic hydroxyl groups is 1. The van der Waals surface area contributed by atoms with E-state index in [1.807, 2.05) is 0 Å². The van der Waals surface area contributed by atoms with Gasteiger partial charge in [-0.1, -0.05) is 11.6 Å². The van der Waals surface area contributed by atoms with Gasteiger partial charge in [0, 0.05) is 23.6 Å². The van der Waals surface area contributed by atoms with E-state index in [1.165, 1.54) is 19.1 Å². The lowest BCUT2D eigenvalue weighted by Crippen LogP contribution is -2.50. The molecule has 3 aromatic rings. The number of H-pyrrole nitrogens is 1. The molecule has 1 spiro atoms. The predicted octanol–water partition coefficient (Wildman–Crippen LogP) is 3.55. The number of carbonyl (C=O) groups is 2. The molecular formula is C25H25ClF2N6O3. The van der Waals surface area contributed by atoms with Gasteiger partial charge in [0.05, 0.1) is 47.1 Å². The van der Waals surface area contributed by atoms with Crippen LogP contribution in [0.3, 0.4) is 0 Å². The third-order valence-corrected chi connectivity index (χ3v) is 7.38. The molecule has 1 aliphatic carbocycles. The van der Waals surface area contributed by atoms with Crippen LogP contribution in [0.2, 0.25) is 5.02 Å². The van der Waals surface area contributed by atoms with E-state index in [1.54, 1.807) is 4.90 Å². The van der Waals surface area contributed by atoms with E-state index in [0.29, 0.717) is 36.5 Å². The third kappa shape index (κ3) is 5.05. The number of halogens is 3. The van der Waals surface area contributed by atoms with Crippen LogP contribution in [0.5, 0.6) is 0 Å². The van der Waals surface area contributed by atoms with Gasteiger partial charge in [0.25, 0.3) is 5.91 Å². The molecule has 1 saturated heterocycles. The van der Waals surface area contributed by atoms with E-state index in [9.17, 15) is 23.5 Å². The molecule has 194 valence electrons. The van der Waals surface area contributed by atoms with E-state index in [0.717, 1.165) is 31.3 Å². The Hall–Kier alpha value is -3.44. The van der Waals surface area contributed by atoms with Crippen LogP contribution < -0.4 is 5.32 Å². The molecule has 2 amide bonds. The van der Waals surface area contributed by atoms with E-state index in [2.05, 4.69) is 25.5 Å². The topological polar surface area (TPSA) is 124 Å². The molecule has 2 fully saturated rings. The lowest BCUT2D eigenvalue weighted by Gasteiger charge is -2.39. The van der Waals surface area contributed by atoms with Crippen LogP contribution in [-0.4, -0.2) is 54.1 Å². The molecule has 12 heteroatoms. The first-order valence-corrected chi connectivity index (χ1v) is 12.3. The van der Waals surface area contributed by atoms with Crippen LogP contribution in [0.1, 0.15) is 60.6 Å². The van der Waals surface area contributed by atoms with Gasteiger partial charge in [0.2, 0.25) is 5.91 Å². The third-order valence-electron chi connectivity index (χ3n) is 7.05. The molecule has 3 aromatic heterocycles. The highest BCUT2D eigenvalue weighted by atomic mass is 35.5. The number of amides is 2. The Morgan fingerprint density at radius 1 is 1.27 bits per heavy atom. The second kappa shape index (κ2) is 9.79. The number of pyridine rings is 2. The zero-order valence-corrected chi connectivity index (χ0v) is 20.7.